The lowest BCUT2D eigenvalue weighted by Crippen LogP contribution is -2.62. The van der Waals surface area contributed by atoms with Gasteiger partial charge in [-0.15, -0.1) is 0 Å². The Morgan fingerprint density at radius 1 is 0.485 bits per heavy atom. The predicted molar refractivity (Wildman–Crippen MR) is 508 cm³/mol. The molecule has 0 spiro atoms. The van der Waals surface area contributed by atoms with Crippen LogP contribution in [0, 0.1) is 47.3 Å². The van der Waals surface area contributed by atoms with Crippen molar-refractivity contribution in [1.29, 1.82) is 0 Å². The summed E-state index contributed by atoms with van der Waals surface area (Å²) in [6.07, 6.45) is -9.64. The normalized spacial score (nSPS) is 41.1. The number of ketones is 2. The van der Waals surface area contributed by atoms with Crippen LogP contribution in [0.1, 0.15) is 207 Å². The van der Waals surface area contributed by atoms with Gasteiger partial charge in [0, 0.05) is 126 Å². The standard InChI is InChI=1S/C55H82N4O13.C48H77N3O13/c1-15-42-55(10)47(59(52(64)72-55)56-28-38-30-58(29-37-21-17-16-18-22-37)40-24-20-19-23-39(38)40)33(4)44(60)31(2)26-54(9,66-14)49(71-51-45(61)41(57(11)12)25-32(3)67-51)34(5)46(35(6)50(63)69-42)70-43-27-53(8,65-13)48(62)36(7)68-43;1-15-35-48(10)40(51(45(56)64-48)49-23-19-22-33-20-17-16-18-21-33)29(4)37(52)27(2)25-47(9,58-14)42(63-44-38(53)34(50(11)12)24-28(3)59-44)30(5)39(31(6)43(55)61-35)62-36-26-46(8,57-13)41(54)32(7)60-36/h16-24,30-36,41-43,45-49,51,56,61-62H,15,25-29H2,1-14H3;16-22,27-32,34-36,38-42,44,49,53-54H,15,23-26H2,1-14H3/b;22-19+/t31-,32?,33+,34+,35-,36?,41?,42-,43?,45?,46?,47-,48?,49-,51?,53?,54-,55-;27-,28?,29+,30+,31-,32?,34?,35-,36?,38?,39?,40-,41?,42-,44?,46?,47-,48-/m11/s1. The van der Waals surface area contributed by atoms with Crippen LogP contribution in [0.15, 0.2) is 97.2 Å². The molecule has 0 radical (unpaired) electrons. The number of ether oxygens (including phenoxy) is 16. The number of aromatic nitrogens is 1. The lowest BCUT2D eigenvalue weighted by atomic mass is 9.73. The first-order valence-corrected chi connectivity index (χ1v) is 48.9. The van der Waals surface area contributed by atoms with Crippen molar-refractivity contribution in [3.05, 3.63) is 114 Å². The Bertz CT molecular complexity index is 4650. The first kappa shape index (κ1) is 109. The Labute approximate surface area is 804 Å². The minimum absolute atomic E-state index is 0.118. The lowest BCUT2D eigenvalue weighted by Gasteiger charge is -2.50. The third-order valence-corrected chi connectivity index (χ3v) is 31.0. The van der Waals surface area contributed by atoms with Gasteiger partial charge in [0.1, 0.15) is 60.3 Å². The number of rotatable bonds is 25. The van der Waals surface area contributed by atoms with Crippen molar-refractivity contribution in [2.24, 2.45) is 47.3 Å². The number of Topliss-reactive ketones (excluding diaryl/α,β-unsaturated/α-hetero) is 2. The largest absolute Gasteiger partial charge is 0.458 e. The van der Waals surface area contributed by atoms with Gasteiger partial charge in [-0.25, -0.2) is 30.5 Å². The molecule has 8 aliphatic heterocycles. The van der Waals surface area contributed by atoms with E-state index in [0.717, 1.165) is 27.6 Å². The molecule has 1 aromatic heterocycles. The number of nitrogens with zero attached hydrogens (tertiary/aromatic N) is 5. The molecule has 3 aromatic carbocycles. The minimum Gasteiger partial charge on any atom is -0.458 e. The first-order chi connectivity index (χ1) is 64.0. The van der Waals surface area contributed by atoms with E-state index in [1.54, 1.807) is 83.5 Å². The summed E-state index contributed by atoms with van der Waals surface area (Å²) in [4.78, 5) is 92.4. The topological polar surface area (TPSA) is 373 Å². The van der Waals surface area contributed by atoms with Crippen LogP contribution in [-0.2, 0) is 108 Å². The summed E-state index contributed by atoms with van der Waals surface area (Å²) in [5.41, 5.74) is 3.02. The maximum absolute atomic E-state index is 15.3. The van der Waals surface area contributed by atoms with Crippen molar-refractivity contribution < 1.29 is 125 Å². The lowest BCUT2D eigenvalue weighted by molar-refractivity contribution is -0.319. The van der Waals surface area contributed by atoms with Crippen LogP contribution in [-0.4, -0.2) is 312 Å². The number of hydrazine groups is 2. The van der Waals surface area contributed by atoms with E-state index in [1.165, 1.54) is 24.2 Å². The fourth-order valence-electron chi connectivity index (χ4n) is 22.8. The quantitative estimate of drug-likeness (QED) is 0.0265. The van der Waals surface area contributed by atoms with Gasteiger partial charge < -0.3 is 111 Å². The van der Waals surface area contributed by atoms with Crippen LogP contribution >= 0.6 is 0 Å². The maximum Gasteiger partial charge on any atom is 0.425 e. The highest BCUT2D eigenvalue weighted by atomic mass is 16.7. The number of aliphatic hydroxyl groups excluding tert-OH is 4. The van der Waals surface area contributed by atoms with Crippen molar-refractivity contribution in [2.75, 3.05) is 63.2 Å². The van der Waals surface area contributed by atoms with E-state index in [-0.39, 0.29) is 87.5 Å². The van der Waals surface area contributed by atoms with Crippen molar-refractivity contribution in [1.82, 2.24) is 35.2 Å². The van der Waals surface area contributed by atoms with Gasteiger partial charge in [-0.2, -0.15) is 0 Å². The molecule has 8 aliphatic rings. The molecule has 0 bridgehead atoms. The molecule has 6 N–H and O–H groups in total. The molecule has 0 aliphatic carbocycles. The second-order valence-corrected chi connectivity index (χ2v) is 41.5. The molecule has 0 saturated carbocycles. The zero-order chi connectivity index (χ0) is 100. The smallest absolute Gasteiger partial charge is 0.425 e. The van der Waals surface area contributed by atoms with Gasteiger partial charge in [0.05, 0.1) is 83.1 Å². The van der Waals surface area contributed by atoms with Crippen LogP contribution in [0.3, 0.4) is 0 Å². The summed E-state index contributed by atoms with van der Waals surface area (Å²) in [7, 11) is 13.7. The van der Waals surface area contributed by atoms with Crippen LogP contribution < -0.4 is 10.9 Å². The highest BCUT2D eigenvalue weighted by Gasteiger charge is 2.65. The molecule has 762 valence electrons. The number of esters is 2. The Morgan fingerprint density at radius 2 is 0.882 bits per heavy atom. The predicted octanol–water partition coefficient (Wildman–Crippen LogP) is 11.7. The molecule has 136 heavy (non-hydrogen) atoms. The number of hydrogen-bond donors (Lipinski definition) is 6. The van der Waals surface area contributed by atoms with E-state index < -0.39 is 216 Å². The second-order valence-electron chi connectivity index (χ2n) is 41.5. The number of benzene rings is 3. The monoisotopic (exact) mass is 1910 g/mol. The summed E-state index contributed by atoms with van der Waals surface area (Å²) >= 11 is 0. The SMILES string of the molecule is CC[C@H]1OC(=O)[C@H](C)C(OC2CC(C)(OC)C(O)C(C)O2)[C@H](C)[C@@H](OC2OC(C)CC(N(C)C)C2O)[C@](C)(OC)C[C@@H](C)C(=O)[C@H](C)[C@H]2N(NC/C=C/c3ccccc3)C(=O)O[C@]12C.CC[C@H]1OC(=O)[C@H](C)C(OC2CC(C)(OC)C(O)C(C)O2)[C@H](C)[C@@H](OC2OC(C)CC(N(C)C)C2O)[C@](C)(OC)C[C@@H](C)C(=O)[C@H](C)[C@H]2N(NCc3cn(Cc4ccccc4)c4ccccc34)C(=O)O[C@]12C. The van der Waals surface area contributed by atoms with Crippen LogP contribution in [0.2, 0.25) is 0 Å². The Morgan fingerprint density at radius 3 is 1.29 bits per heavy atom. The molecule has 8 saturated heterocycles. The Balaban J connectivity index is 0.000000263. The molecule has 18 unspecified atom stereocenters. The average molecular weight is 1910 g/mol. The number of para-hydroxylation sites is 1. The molecule has 8 fully saturated rings. The fraction of sp³-hybridized carbons (Fsp3) is 0.728. The molecule has 36 atom stereocenters. The van der Waals surface area contributed by atoms with E-state index in [4.69, 9.17) is 75.8 Å². The van der Waals surface area contributed by atoms with Crippen molar-refractivity contribution >= 4 is 52.7 Å². The van der Waals surface area contributed by atoms with E-state index in [1.807, 2.05) is 186 Å². The number of carbonyl (C=O) groups excluding carboxylic acids is 6. The van der Waals surface area contributed by atoms with Crippen molar-refractivity contribution in [3.8, 4) is 0 Å². The first-order valence-electron chi connectivity index (χ1n) is 48.9. The van der Waals surface area contributed by atoms with Gasteiger partial charge in [-0.1, -0.05) is 146 Å². The highest BCUT2D eigenvalue weighted by molar-refractivity contribution is 5.87. The molecular formula is C103H159N7O26. The third kappa shape index (κ3) is 23.3. The summed E-state index contributed by atoms with van der Waals surface area (Å²) < 4.78 is 105. The molecule has 12 rings (SSSR count). The minimum atomic E-state index is -1.51. The molecule has 4 aromatic rings. The summed E-state index contributed by atoms with van der Waals surface area (Å²) in [6.45, 7) is 37.2. The number of amides is 2. The number of aliphatic hydroxyl groups is 4. The number of cyclic esters (lactones) is 2. The number of fused-ring (bicyclic) bond motifs is 3. The highest BCUT2D eigenvalue weighted by Crippen LogP contribution is 2.49. The van der Waals surface area contributed by atoms with E-state index in [9.17, 15) is 39.6 Å². The van der Waals surface area contributed by atoms with Gasteiger partial charge in [0.25, 0.3) is 0 Å². The van der Waals surface area contributed by atoms with Gasteiger partial charge in [0.15, 0.2) is 36.4 Å². The number of likely N-dealkylation sites (N-methyl/N-ethyl adjacent to an activating group) is 2. The van der Waals surface area contributed by atoms with E-state index in [2.05, 4.69) is 39.8 Å². The summed E-state index contributed by atoms with van der Waals surface area (Å²) in [5.74, 6) is -8.17. The number of carbonyl (C=O) groups is 6. The van der Waals surface area contributed by atoms with Gasteiger partial charge in [-0.05, 0) is 173 Å². The molecule has 33 nitrogen and oxygen atoms in total. The van der Waals surface area contributed by atoms with Crippen molar-refractivity contribution in [2.45, 2.75) is 371 Å². The van der Waals surface area contributed by atoms with Gasteiger partial charge in [0.2, 0.25) is 0 Å². The van der Waals surface area contributed by atoms with Crippen LogP contribution in [0.4, 0.5) is 9.59 Å². The molecule has 2 amide bonds. The molecular weight excluding hydrogens is 1750 g/mol. The molecule has 9 heterocycles. The van der Waals surface area contributed by atoms with Gasteiger partial charge >= 0.3 is 24.1 Å². The Hall–Kier alpha value is -7.04. The number of nitrogens with one attached hydrogen (secondary N) is 2. The maximum atomic E-state index is 15.3. The van der Waals surface area contributed by atoms with Gasteiger partial charge in [-0.3, -0.25) is 19.2 Å². The third-order valence-electron chi connectivity index (χ3n) is 31.0. The number of methoxy groups -OCH3 is 4. The van der Waals surface area contributed by atoms with E-state index in [0.29, 0.717) is 19.4 Å². The summed E-state index contributed by atoms with van der Waals surface area (Å²) in [6, 6.07) is 25.6. The van der Waals surface area contributed by atoms with Crippen LogP contribution in [0.25, 0.3) is 17.0 Å². The zero-order valence-electron chi connectivity index (χ0n) is 85.4. The Kier molecular flexibility index (Phi) is 36.6. The number of hydrogen-bond acceptors (Lipinski definition) is 30. The van der Waals surface area contributed by atoms with Crippen LogP contribution in [0.5, 0.6) is 0 Å². The zero-order valence-corrected chi connectivity index (χ0v) is 85.4. The second kappa shape index (κ2) is 45.5. The molecule has 33 heteroatoms. The van der Waals surface area contributed by atoms with Crippen molar-refractivity contribution in [3.63, 3.8) is 0 Å². The average Bonchev–Trinajstić information content (AvgIpc) is 1.58. The summed E-state index contributed by atoms with van der Waals surface area (Å²) in [5, 5.41) is 49.7. The van der Waals surface area contributed by atoms with E-state index >= 15 is 9.59 Å². The fourth-order valence-corrected chi connectivity index (χ4v) is 22.8.